The van der Waals surface area contributed by atoms with Gasteiger partial charge in [0.1, 0.15) is 0 Å². The van der Waals surface area contributed by atoms with Gasteiger partial charge in [0.2, 0.25) is 0 Å². The van der Waals surface area contributed by atoms with Crippen molar-refractivity contribution < 1.29 is 0 Å². The number of fused-ring (bicyclic) bond motifs is 5. The standard InChI is InChI=1S/C39H27N/c1-26-25-28(23-24-35(26)40-36-21-11-9-15-29(36)30-16-10-12-22-37(30)40)39-33-19-7-5-17-31(33)38(27-13-3-2-4-14-27)32-18-6-8-20-34(32)39/h2-25H,1H3. The summed E-state index contributed by atoms with van der Waals surface area (Å²) in [6.07, 6.45) is 0. The summed E-state index contributed by atoms with van der Waals surface area (Å²) in [5.74, 6) is 0. The van der Waals surface area contributed by atoms with E-state index in [-0.39, 0.29) is 0 Å². The fourth-order valence-corrected chi connectivity index (χ4v) is 6.60. The number of hydrogen-bond donors (Lipinski definition) is 0. The smallest absolute Gasteiger partial charge is 0.0541 e. The predicted octanol–water partition coefficient (Wildman–Crippen LogP) is 10.7. The number of aromatic nitrogens is 1. The molecule has 7 aromatic carbocycles. The third-order valence-electron chi connectivity index (χ3n) is 8.30. The Labute approximate surface area is 233 Å². The summed E-state index contributed by atoms with van der Waals surface area (Å²) in [5.41, 5.74) is 10.0. The van der Waals surface area contributed by atoms with E-state index in [1.807, 2.05) is 0 Å². The van der Waals surface area contributed by atoms with Crippen LogP contribution in [0.3, 0.4) is 0 Å². The minimum atomic E-state index is 1.22. The van der Waals surface area contributed by atoms with Crippen molar-refractivity contribution in [1.82, 2.24) is 4.57 Å². The van der Waals surface area contributed by atoms with E-state index in [0.717, 1.165) is 0 Å². The molecule has 0 aliphatic rings. The van der Waals surface area contributed by atoms with Crippen molar-refractivity contribution in [2.45, 2.75) is 6.92 Å². The second kappa shape index (κ2) is 8.97. The Bertz CT molecular complexity index is 2110. The monoisotopic (exact) mass is 509 g/mol. The van der Waals surface area contributed by atoms with Crippen molar-refractivity contribution in [2.24, 2.45) is 0 Å². The van der Waals surface area contributed by atoms with Gasteiger partial charge in [-0.1, -0.05) is 121 Å². The van der Waals surface area contributed by atoms with Gasteiger partial charge in [-0.15, -0.1) is 0 Å². The minimum Gasteiger partial charge on any atom is -0.309 e. The van der Waals surface area contributed by atoms with Crippen molar-refractivity contribution in [3.05, 3.63) is 151 Å². The molecule has 1 heterocycles. The second-order valence-electron chi connectivity index (χ2n) is 10.6. The maximum atomic E-state index is 2.42. The van der Waals surface area contributed by atoms with E-state index in [1.54, 1.807) is 0 Å². The predicted molar refractivity (Wildman–Crippen MR) is 171 cm³/mol. The molecule has 0 atom stereocenters. The Hall–Kier alpha value is -5.14. The Morgan fingerprint density at radius 1 is 0.375 bits per heavy atom. The average Bonchev–Trinajstić information content (AvgIpc) is 3.34. The lowest BCUT2D eigenvalue weighted by atomic mass is 9.85. The molecule has 0 saturated carbocycles. The average molecular weight is 510 g/mol. The van der Waals surface area contributed by atoms with Crippen molar-refractivity contribution >= 4 is 43.4 Å². The number of benzene rings is 7. The fourth-order valence-electron chi connectivity index (χ4n) is 6.60. The lowest BCUT2D eigenvalue weighted by molar-refractivity contribution is 1.15. The van der Waals surface area contributed by atoms with E-state index in [1.165, 1.54) is 76.9 Å². The summed E-state index contributed by atoms with van der Waals surface area (Å²) >= 11 is 0. The summed E-state index contributed by atoms with van der Waals surface area (Å²) in [6, 6.07) is 52.9. The van der Waals surface area contributed by atoms with E-state index in [9.17, 15) is 0 Å². The van der Waals surface area contributed by atoms with Gasteiger partial charge in [-0.2, -0.15) is 0 Å². The Balaban J connectivity index is 1.41. The van der Waals surface area contributed by atoms with Crippen molar-refractivity contribution in [3.8, 4) is 27.9 Å². The van der Waals surface area contributed by atoms with Gasteiger partial charge in [0.25, 0.3) is 0 Å². The quantitative estimate of drug-likeness (QED) is 0.209. The molecule has 0 radical (unpaired) electrons. The Morgan fingerprint density at radius 2 is 0.800 bits per heavy atom. The molecule has 0 aliphatic carbocycles. The first-order chi connectivity index (χ1) is 19.8. The van der Waals surface area contributed by atoms with Crippen LogP contribution in [0.1, 0.15) is 5.56 Å². The van der Waals surface area contributed by atoms with Gasteiger partial charge < -0.3 is 4.57 Å². The van der Waals surface area contributed by atoms with E-state index < -0.39 is 0 Å². The van der Waals surface area contributed by atoms with Crippen LogP contribution in [-0.2, 0) is 0 Å². The zero-order chi connectivity index (χ0) is 26.6. The fraction of sp³-hybridized carbons (Fsp3) is 0.0256. The van der Waals surface area contributed by atoms with Crippen molar-refractivity contribution in [1.29, 1.82) is 0 Å². The molecular formula is C39H27N. The highest BCUT2D eigenvalue weighted by Gasteiger charge is 2.18. The molecule has 0 spiro atoms. The highest BCUT2D eigenvalue weighted by molar-refractivity contribution is 6.21. The number of aryl methyl sites for hydroxylation is 1. The minimum absolute atomic E-state index is 1.22. The second-order valence-corrected chi connectivity index (χ2v) is 10.6. The molecular weight excluding hydrogens is 482 g/mol. The molecule has 0 N–H and O–H groups in total. The van der Waals surface area contributed by atoms with Crippen LogP contribution in [0.2, 0.25) is 0 Å². The zero-order valence-corrected chi connectivity index (χ0v) is 22.3. The molecule has 188 valence electrons. The number of para-hydroxylation sites is 2. The van der Waals surface area contributed by atoms with Crippen LogP contribution in [-0.4, -0.2) is 4.57 Å². The number of nitrogens with zero attached hydrogens (tertiary/aromatic N) is 1. The van der Waals surface area contributed by atoms with Gasteiger partial charge in [0.05, 0.1) is 11.0 Å². The number of hydrogen-bond acceptors (Lipinski definition) is 0. The Morgan fingerprint density at radius 3 is 1.30 bits per heavy atom. The molecule has 8 aromatic rings. The van der Waals surface area contributed by atoms with Crippen LogP contribution in [0.5, 0.6) is 0 Å². The Kier molecular flexibility index (Phi) is 5.11. The van der Waals surface area contributed by atoms with Gasteiger partial charge >= 0.3 is 0 Å². The SMILES string of the molecule is Cc1cc(-c2c3ccccc3c(-c3ccccc3)c3ccccc23)ccc1-n1c2ccccc2c2ccccc21. The summed E-state index contributed by atoms with van der Waals surface area (Å²) in [4.78, 5) is 0. The summed E-state index contributed by atoms with van der Waals surface area (Å²) in [7, 11) is 0. The van der Waals surface area contributed by atoms with Gasteiger partial charge in [0, 0.05) is 16.5 Å². The van der Waals surface area contributed by atoms with E-state index in [4.69, 9.17) is 0 Å². The number of rotatable bonds is 3. The maximum Gasteiger partial charge on any atom is 0.0541 e. The molecule has 0 saturated heterocycles. The van der Waals surface area contributed by atoms with Gasteiger partial charge in [-0.25, -0.2) is 0 Å². The first-order valence-electron chi connectivity index (χ1n) is 13.9. The maximum absolute atomic E-state index is 2.42. The molecule has 0 bridgehead atoms. The first-order valence-corrected chi connectivity index (χ1v) is 13.9. The van der Waals surface area contributed by atoms with E-state index in [2.05, 4.69) is 157 Å². The lowest BCUT2D eigenvalue weighted by Crippen LogP contribution is -1.98. The van der Waals surface area contributed by atoms with E-state index in [0.29, 0.717) is 0 Å². The highest BCUT2D eigenvalue weighted by Crippen LogP contribution is 2.44. The van der Waals surface area contributed by atoms with Gasteiger partial charge in [-0.3, -0.25) is 0 Å². The molecule has 0 unspecified atom stereocenters. The van der Waals surface area contributed by atoms with Crippen LogP contribution in [0.25, 0.3) is 71.3 Å². The van der Waals surface area contributed by atoms with Gasteiger partial charge in [-0.05, 0) is 80.6 Å². The largest absolute Gasteiger partial charge is 0.309 e. The van der Waals surface area contributed by atoms with Crippen molar-refractivity contribution in [3.63, 3.8) is 0 Å². The molecule has 1 heteroatoms. The molecule has 0 aliphatic heterocycles. The third-order valence-corrected chi connectivity index (χ3v) is 8.30. The summed E-state index contributed by atoms with van der Waals surface area (Å²) in [6.45, 7) is 2.24. The first kappa shape index (κ1) is 22.8. The van der Waals surface area contributed by atoms with Crippen LogP contribution in [0.15, 0.2) is 146 Å². The normalized spacial score (nSPS) is 11.6. The summed E-state index contributed by atoms with van der Waals surface area (Å²) < 4.78 is 2.42. The molecule has 8 rings (SSSR count). The van der Waals surface area contributed by atoms with Crippen LogP contribution in [0.4, 0.5) is 0 Å². The van der Waals surface area contributed by atoms with Crippen LogP contribution in [0, 0.1) is 6.92 Å². The van der Waals surface area contributed by atoms with Crippen LogP contribution >= 0.6 is 0 Å². The van der Waals surface area contributed by atoms with E-state index >= 15 is 0 Å². The lowest BCUT2D eigenvalue weighted by Gasteiger charge is -2.19. The van der Waals surface area contributed by atoms with Gasteiger partial charge in [0.15, 0.2) is 0 Å². The molecule has 1 aromatic heterocycles. The van der Waals surface area contributed by atoms with Crippen molar-refractivity contribution in [2.75, 3.05) is 0 Å². The molecule has 1 nitrogen and oxygen atoms in total. The van der Waals surface area contributed by atoms with Crippen LogP contribution < -0.4 is 0 Å². The molecule has 0 amide bonds. The third kappa shape index (κ3) is 3.34. The topological polar surface area (TPSA) is 4.93 Å². The zero-order valence-electron chi connectivity index (χ0n) is 22.3. The molecule has 0 fully saturated rings. The highest BCUT2D eigenvalue weighted by atomic mass is 15.0. The molecule has 40 heavy (non-hydrogen) atoms. The summed E-state index contributed by atoms with van der Waals surface area (Å²) in [5, 5.41) is 7.70.